The van der Waals surface area contributed by atoms with E-state index in [1.807, 2.05) is 41.1 Å². The topological polar surface area (TPSA) is 79.8 Å². The fourth-order valence-electron chi connectivity index (χ4n) is 3.36. The van der Waals surface area contributed by atoms with Crippen molar-refractivity contribution in [3.8, 4) is 11.1 Å². The quantitative estimate of drug-likeness (QED) is 0.477. The number of aryl methyl sites for hydroxylation is 1. The first-order chi connectivity index (χ1) is 14.1. The average Bonchev–Trinajstić information content (AvgIpc) is 3.24. The highest BCUT2D eigenvalue weighted by atomic mass is 35.5. The molecule has 0 spiro atoms. The Morgan fingerprint density at radius 3 is 2.76 bits per heavy atom. The molecule has 4 rings (SSSR count). The van der Waals surface area contributed by atoms with Crippen molar-refractivity contribution >= 4 is 28.4 Å². The lowest BCUT2D eigenvalue weighted by atomic mass is 9.95. The molecule has 2 aromatic heterocycles. The van der Waals surface area contributed by atoms with Crippen LogP contribution in [0.3, 0.4) is 0 Å². The van der Waals surface area contributed by atoms with Crippen molar-refractivity contribution in [3.63, 3.8) is 0 Å². The number of nitrogens with one attached hydrogen (secondary N) is 2. The molecule has 146 valence electrons. The SMILES string of the molecule is O=C(NCCCn1ccnc1)c1c(-c2ccccc2)c2cc(Cl)ccc2[nH]c1=O. The van der Waals surface area contributed by atoms with Crippen molar-refractivity contribution in [2.75, 3.05) is 6.54 Å². The molecular formula is C22H19ClN4O2. The Hall–Kier alpha value is -3.38. The number of halogens is 1. The number of fused-ring (bicyclic) bond motifs is 1. The second-order valence-corrected chi connectivity index (χ2v) is 7.11. The van der Waals surface area contributed by atoms with Gasteiger partial charge in [-0.1, -0.05) is 41.9 Å². The van der Waals surface area contributed by atoms with Crippen molar-refractivity contribution in [2.45, 2.75) is 13.0 Å². The second kappa shape index (κ2) is 8.32. The molecule has 2 heterocycles. The summed E-state index contributed by atoms with van der Waals surface area (Å²) in [5.41, 5.74) is 1.67. The number of carbonyl (C=O) groups excluding carboxylic acids is 1. The second-order valence-electron chi connectivity index (χ2n) is 6.67. The zero-order valence-electron chi connectivity index (χ0n) is 15.6. The number of imidazole rings is 1. The van der Waals surface area contributed by atoms with Crippen molar-refractivity contribution in [1.29, 1.82) is 0 Å². The van der Waals surface area contributed by atoms with Crippen LogP contribution in [0.2, 0.25) is 5.02 Å². The van der Waals surface area contributed by atoms with E-state index in [0.717, 1.165) is 23.9 Å². The molecule has 2 aromatic carbocycles. The highest BCUT2D eigenvalue weighted by molar-refractivity contribution is 6.31. The van der Waals surface area contributed by atoms with Gasteiger partial charge < -0.3 is 14.9 Å². The summed E-state index contributed by atoms with van der Waals surface area (Å²) in [7, 11) is 0. The molecule has 1 amide bonds. The molecule has 0 unspecified atom stereocenters. The molecule has 6 nitrogen and oxygen atoms in total. The Morgan fingerprint density at radius 1 is 1.17 bits per heavy atom. The van der Waals surface area contributed by atoms with Crippen LogP contribution in [0.25, 0.3) is 22.0 Å². The number of nitrogens with zero attached hydrogens (tertiary/aromatic N) is 2. The first kappa shape index (κ1) is 19.0. The summed E-state index contributed by atoms with van der Waals surface area (Å²) in [4.78, 5) is 32.6. The van der Waals surface area contributed by atoms with Crippen LogP contribution < -0.4 is 10.9 Å². The van der Waals surface area contributed by atoms with Crippen LogP contribution in [0.4, 0.5) is 0 Å². The molecule has 0 aliphatic carbocycles. The molecule has 0 fully saturated rings. The third kappa shape index (κ3) is 4.07. The molecular weight excluding hydrogens is 388 g/mol. The maximum Gasteiger partial charge on any atom is 0.261 e. The predicted octanol–water partition coefficient (Wildman–Crippen LogP) is 3.87. The molecule has 0 aliphatic rings. The van der Waals surface area contributed by atoms with Gasteiger partial charge in [-0.05, 0) is 30.2 Å². The van der Waals surface area contributed by atoms with E-state index in [1.54, 1.807) is 30.7 Å². The van der Waals surface area contributed by atoms with Gasteiger partial charge >= 0.3 is 0 Å². The molecule has 4 aromatic rings. The molecule has 0 saturated heterocycles. The van der Waals surface area contributed by atoms with Gasteiger partial charge in [0.25, 0.3) is 11.5 Å². The minimum atomic E-state index is -0.425. The fraction of sp³-hybridized carbons (Fsp3) is 0.136. The number of rotatable bonds is 6. The van der Waals surface area contributed by atoms with E-state index in [0.29, 0.717) is 22.6 Å². The lowest BCUT2D eigenvalue weighted by Crippen LogP contribution is -2.31. The van der Waals surface area contributed by atoms with E-state index in [2.05, 4.69) is 15.3 Å². The van der Waals surface area contributed by atoms with Gasteiger partial charge in [0.1, 0.15) is 5.56 Å². The van der Waals surface area contributed by atoms with E-state index >= 15 is 0 Å². The fourth-order valence-corrected chi connectivity index (χ4v) is 3.53. The lowest BCUT2D eigenvalue weighted by Gasteiger charge is -2.13. The van der Waals surface area contributed by atoms with Crippen molar-refractivity contribution in [1.82, 2.24) is 19.9 Å². The minimum absolute atomic E-state index is 0.0913. The normalized spacial score (nSPS) is 10.9. The highest BCUT2D eigenvalue weighted by Gasteiger charge is 2.20. The number of H-pyrrole nitrogens is 1. The molecule has 29 heavy (non-hydrogen) atoms. The van der Waals surface area contributed by atoms with Gasteiger partial charge in [0, 0.05) is 47.0 Å². The highest BCUT2D eigenvalue weighted by Crippen LogP contribution is 2.31. The minimum Gasteiger partial charge on any atom is -0.352 e. The van der Waals surface area contributed by atoms with Crippen LogP contribution in [-0.4, -0.2) is 27.0 Å². The Labute approximate surface area is 172 Å². The van der Waals surface area contributed by atoms with Crippen molar-refractivity contribution in [3.05, 3.63) is 88.2 Å². The number of benzene rings is 2. The molecule has 0 saturated carbocycles. The lowest BCUT2D eigenvalue weighted by molar-refractivity contribution is 0.0952. The predicted molar refractivity (Wildman–Crippen MR) is 114 cm³/mol. The van der Waals surface area contributed by atoms with Crippen LogP contribution in [0.1, 0.15) is 16.8 Å². The Morgan fingerprint density at radius 2 is 2.00 bits per heavy atom. The third-order valence-electron chi connectivity index (χ3n) is 4.70. The van der Waals surface area contributed by atoms with Gasteiger partial charge in [0.05, 0.1) is 6.33 Å². The molecule has 0 atom stereocenters. The number of aromatic amines is 1. The number of pyridine rings is 1. The molecule has 2 N–H and O–H groups in total. The average molecular weight is 407 g/mol. The maximum atomic E-state index is 13.0. The number of hydrogen-bond donors (Lipinski definition) is 2. The standard InChI is InChI=1S/C22H19ClN4O2/c23-16-7-8-18-17(13-16)19(15-5-2-1-3-6-15)20(22(29)26-18)21(28)25-9-4-11-27-12-10-24-14-27/h1-3,5-8,10,12-14H,4,9,11H2,(H,25,28)(H,26,29). The van der Waals surface area contributed by atoms with E-state index in [4.69, 9.17) is 11.6 Å². The summed E-state index contributed by atoms with van der Waals surface area (Å²) in [6.45, 7) is 1.17. The van der Waals surface area contributed by atoms with Gasteiger partial charge in [-0.3, -0.25) is 9.59 Å². The third-order valence-corrected chi connectivity index (χ3v) is 4.94. The van der Waals surface area contributed by atoms with Crippen molar-refractivity contribution < 1.29 is 4.79 Å². The summed E-state index contributed by atoms with van der Waals surface area (Å²) in [6.07, 6.45) is 6.03. The Kier molecular flexibility index (Phi) is 5.44. The van der Waals surface area contributed by atoms with Gasteiger partial charge in [0.2, 0.25) is 0 Å². The molecule has 0 radical (unpaired) electrons. The Bertz CT molecular complexity index is 1200. The number of aromatic nitrogens is 3. The summed E-state index contributed by atoms with van der Waals surface area (Å²) in [5, 5.41) is 4.13. The smallest absolute Gasteiger partial charge is 0.261 e. The van der Waals surface area contributed by atoms with Crippen LogP contribution in [0.5, 0.6) is 0 Å². The van der Waals surface area contributed by atoms with Crippen LogP contribution in [0, 0.1) is 0 Å². The van der Waals surface area contributed by atoms with E-state index in [9.17, 15) is 9.59 Å². The van der Waals surface area contributed by atoms with E-state index in [1.165, 1.54) is 0 Å². The van der Waals surface area contributed by atoms with E-state index < -0.39 is 11.5 Å². The van der Waals surface area contributed by atoms with Crippen LogP contribution in [0.15, 0.2) is 72.0 Å². The summed E-state index contributed by atoms with van der Waals surface area (Å²) in [5.74, 6) is -0.405. The van der Waals surface area contributed by atoms with Crippen LogP contribution >= 0.6 is 11.6 Å². The number of amides is 1. The number of carbonyl (C=O) groups is 1. The maximum absolute atomic E-state index is 13.0. The first-order valence-electron chi connectivity index (χ1n) is 9.28. The Balaban J connectivity index is 1.70. The zero-order valence-corrected chi connectivity index (χ0v) is 16.3. The molecule has 0 bridgehead atoms. The van der Waals surface area contributed by atoms with Gasteiger partial charge in [-0.15, -0.1) is 0 Å². The summed E-state index contributed by atoms with van der Waals surface area (Å²) >= 11 is 6.20. The van der Waals surface area contributed by atoms with E-state index in [-0.39, 0.29) is 5.56 Å². The van der Waals surface area contributed by atoms with Gasteiger partial charge in [-0.2, -0.15) is 0 Å². The molecule has 7 heteroatoms. The van der Waals surface area contributed by atoms with Gasteiger partial charge in [-0.25, -0.2) is 4.98 Å². The largest absolute Gasteiger partial charge is 0.352 e. The summed E-state index contributed by atoms with van der Waals surface area (Å²) < 4.78 is 1.94. The first-order valence-corrected chi connectivity index (χ1v) is 9.66. The molecule has 0 aliphatic heterocycles. The zero-order chi connectivity index (χ0) is 20.2. The van der Waals surface area contributed by atoms with Crippen LogP contribution in [-0.2, 0) is 6.54 Å². The van der Waals surface area contributed by atoms with Crippen molar-refractivity contribution in [2.24, 2.45) is 0 Å². The summed E-state index contributed by atoms with van der Waals surface area (Å²) in [6, 6.07) is 14.6. The van der Waals surface area contributed by atoms with Gasteiger partial charge in [0.15, 0.2) is 0 Å². The monoisotopic (exact) mass is 406 g/mol. The number of hydrogen-bond acceptors (Lipinski definition) is 3.